The van der Waals surface area contributed by atoms with E-state index in [-0.39, 0.29) is 27.7 Å². The van der Waals surface area contributed by atoms with Crippen LogP contribution in [0, 0.1) is 10.1 Å². The van der Waals surface area contributed by atoms with Crippen molar-refractivity contribution >= 4 is 40.5 Å². The third-order valence-electron chi connectivity index (χ3n) is 2.82. The zero-order valence-corrected chi connectivity index (χ0v) is 12.8. The van der Waals surface area contributed by atoms with E-state index in [9.17, 15) is 14.9 Å². The van der Waals surface area contributed by atoms with Crippen LogP contribution in [0.4, 0.5) is 11.4 Å². The van der Waals surface area contributed by atoms with Crippen molar-refractivity contribution in [1.82, 2.24) is 0 Å². The van der Waals surface area contributed by atoms with Crippen molar-refractivity contribution in [2.45, 2.75) is 0 Å². The number of methoxy groups -OCH3 is 1. The first kappa shape index (κ1) is 16.1. The number of benzene rings is 2. The molecule has 2 aromatic carbocycles. The SMILES string of the molecule is COc1ccc(NC(=O)c2ccc(Cl)c(Cl)c2)cc1[N+](=O)[O-]. The Kier molecular flexibility index (Phi) is 4.85. The zero-order valence-electron chi connectivity index (χ0n) is 11.3. The molecule has 0 fully saturated rings. The standard InChI is InChI=1S/C14H10Cl2N2O4/c1-22-13-5-3-9(7-12(13)18(20)21)17-14(19)8-2-4-10(15)11(16)6-8/h2-7H,1H3,(H,17,19). The van der Waals surface area contributed by atoms with Crippen LogP contribution in [0.1, 0.15) is 10.4 Å². The van der Waals surface area contributed by atoms with Crippen molar-refractivity contribution in [1.29, 1.82) is 0 Å². The Balaban J connectivity index is 2.26. The summed E-state index contributed by atoms with van der Waals surface area (Å²) >= 11 is 11.6. The summed E-state index contributed by atoms with van der Waals surface area (Å²) in [7, 11) is 1.33. The molecule has 0 heterocycles. The maximum absolute atomic E-state index is 12.1. The molecule has 1 amide bonds. The largest absolute Gasteiger partial charge is 0.490 e. The van der Waals surface area contributed by atoms with Crippen molar-refractivity contribution in [3.8, 4) is 5.75 Å². The van der Waals surface area contributed by atoms with Crippen LogP contribution in [0.3, 0.4) is 0 Å². The predicted octanol–water partition coefficient (Wildman–Crippen LogP) is 4.16. The Morgan fingerprint density at radius 1 is 1.18 bits per heavy atom. The lowest BCUT2D eigenvalue weighted by Crippen LogP contribution is -2.12. The molecule has 2 rings (SSSR count). The van der Waals surface area contributed by atoms with Crippen LogP contribution in [0.25, 0.3) is 0 Å². The summed E-state index contributed by atoms with van der Waals surface area (Å²) in [5.41, 5.74) is 0.311. The molecular formula is C14H10Cl2N2O4. The van der Waals surface area contributed by atoms with E-state index in [1.807, 2.05) is 0 Å². The second-order valence-corrected chi connectivity index (χ2v) is 5.04. The number of anilines is 1. The molecule has 0 aliphatic rings. The zero-order chi connectivity index (χ0) is 16.3. The number of halogens is 2. The molecule has 0 aromatic heterocycles. The summed E-state index contributed by atoms with van der Waals surface area (Å²) in [4.78, 5) is 22.5. The van der Waals surface area contributed by atoms with Gasteiger partial charge in [0, 0.05) is 17.3 Å². The third-order valence-corrected chi connectivity index (χ3v) is 3.55. The number of nitrogens with zero attached hydrogens (tertiary/aromatic N) is 1. The lowest BCUT2D eigenvalue weighted by atomic mass is 10.2. The number of hydrogen-bond acceptors (Lipinski definition) is 4. The van der Waals surface area contributed by atoms with Crippen LogP contribution < -0.4 is 10.1 Å². The van der Waals surface area contributed by atoms with E-state index in [1.165, 1.54) is 43.5 Å². The third kappa shape index (κ3) is 3.47. The molecule has 1 N–H and O–H groups in total. The predicted molar refractivity (Wildman–Crippen MR) is 84.1 cm³/mol. The molecule has 0 radical (unpaired) electrons. The van der Waals surface area contributed by atoms with Crippen molar-refractivity contribution in [2.24, 2.45) is 0 Å². The van der Waals surface area contributed by atoms with Gasteiger partial charge in [-0.05, 0) is 30.3 Å². The Hall–Kier alpha value is -2.31. The van der Waals surface area contributed by atoms with Gasteiger partial charge in [-0.2, -0.15) is 0 Å². The lowest BCUT2D eigenvalue weighted by molar-refractivity contribution is -0.385. The van der Waals surface area contributed by atoms with Gasteiger partial charge in [-0.3, -0.25) is 14.9 Å². The molecule has 0 unspecified atom stereocenters. The van der Waals surface area contributed by atoms with Crippen molar-refractivity contribution in [3.05, 3.63) is 62.1 Å². The summed E-state index contributed by atoms with van der Waals surface area (Å²) in [6, 6.07) is 8.53. The van der Waals surface area contributed by atoms with Gasteiger partial charge < -0.3 is 10.1 Å². The van der Waals surface area contributed by atoms with Gasteiger partial charge in [0.25, 0.3) is 5.91 Å². The number of nitro groups is 1. The van der Waals surface area contributed by atoms with Crippen molar-refractivity contribution in [3.63, 3.8) is 0 Å². The minimum Gasteiger partial charge on any atom is -0.490 e. The summed E-state index contributed by atoms with van der Waals surface area (Å²) in [5, 5.41) is 14.1. The minimum absolute atomic E-state index is 0.109. The average molecular weight is 341 g/mol. The fourth-order valence-corrected chi connectivity index (χ4v) is 2.05. The van der Waals surface area contributed by atoms with Gasteiger partial charge in [0.05, 0.1) is 22.1 Å². The number of carbonyl (C=O) groups is 1. The van der Waals surface area contributed by atoms with Crippen LogP contribution in [-0.2, 0) is 0 Å². The number of rotatable bonds is 4. The minimum atomic E-state index is -0.590. The molecule has 114 valence electrons. The lowest BCUT2D eigenvalue weighted by Gasteiger charge is -2.08. The summed E-state index contributed by atoms with van der Waals surface area (Å²) < 4.78 is 4.89. The highest BCUT2D eigenvalue weighted by atomic mass is 35.5. The maximum Gasteiger partial charge on any atom is 0.312 e. The molecule has 0 bridgehead atoms. The quantitative estimate of drug-likeness (QED) is 0.669. The normalized spacial score (nSPS) is 10.1. The van der Waals surface area contributed by atoms with Crippen molar-refractivity contribution < 1.29 is 14.5 Å². The van der Waals surface area contributed by atoms with E-state index in [1.54, 1.807) is 0 Å². The monoisotopic (exact) mass is 340 g/mol. The molecule has 6 nitrogen and oxygen atoms in total. The van der Waals surface area contributed by atoms with Gasteiger partial charge in [0.2, 0.25) is 0 Å². The number of nitrogens with one attached hydrogen (secondary N) is 1. The van der Waals surface area contributed by atoms with Crippen LogP contribution in [0.5, 0.6) is 5.75 Å². The van der Waals surface area contributed by atoms with Crippen LogP contribution >= 0.6 is 23.2 Å². The number of nitro benzene ring substituents is 1. The van der Waals surface area contributed by atoms with Gasteiger partial charge in [0.15, 0.2) is 5.75 Å². The molecule has 0 aliphatic carbocycles. The highest BCUT2D eigenvalue weighted by Crippen LogP contribution is 2.30. The summed E-state index contributed by atoms with van der Waals surface area (Å²) in [5.74, 6) is -0.351. The van der Waals surface area contributed by atoms with E-state index < -0.39 is 10.8 Å². The first-order valence-electron chi connectivity index (χ1n) is 6.01. The average Bonchev–Trinajstić information content (AvgIpc) is 2.49. The first-order chi connectivity index (χ1) is 10.4. The number of amides is 1. The molecule has 8 heteroatoms. The number of carbonyl (C=O) groups excluding carboxylic acids is 1. The van der Waals surface area contributed by atoms with Crippen LogP contribution in [-0.4, -0.2) is 17.9 Å². The van der Waals surface area contributed by atoms with Gasteiger partial charge in [-0.15, -0.1) is 0 Å². The van der Waals surface area contributed by atoms with E-state index in [0.717, 1.165) is 0 Å². The van der Waals surface area contributed by atoms with Gasteiger partial charge >= 0.3 is 5.69 Å². The molecule has 0 saturated carbocycles. The molecule has 0 aliphatic heterocycles. The molecule has 22 heavy (non-hydrogen) atoms. The highest BCUT2D eigenvalue weighted by molar-refractivity contribution is 6.42. The Morgan fingerprint density at radius 3 is 2.50 bits per heavy atom. The van der Waals surface area contributed by atoms with Gasteiger partial charge in [-0.25, -0.2) is 0 Å². The Bertz CT molecular complexity index is 750. The van der Waals surface area contributed by atoms with E-state index >= 15 is 0 Å². The van der Waals surface area contributed by atoms with Gasteiger partial charge in [-0.1, -0.05) is 23.2 Å². The molecule has 0 atom stereocenters. The number of ether oxygens (including phenoxy) is 1. The Morgan fingerprint density at radius 2 is 1.91 bits per heavy atom. The second kappa shape index (κ2) is 6.64. The molecule has 2 aromatic rings. The molecular weight excluding hydrogens is 331 g/mol. The summed E-state index contributed by atoms with van der Waals surface area (Å²) in [6.45, 7) is 0. The van der Waals surface area contributed by atoms with Gasteiger partial charge in [0.1, 0.15) is 0 Å². The molecule has 0 saturated heterocycles. The number of hydrogen-bond donors (Lipinski definition) is 1. The molecule has 0 spiro atoms. The van der Waals surface area contributed by atoms with E-state index in [0.29, 0.717) is 5.02 Å². The van der Waals surface area contributed by atoms with Crippen LogP contribution in [0.2, 0.25) is 10.0 Å². The van der Waals surface area contributed by atoms with Crippen molar-refractivity contribution in [2.75, 3.05) is 12.4 Å². The van der Waals surface area contributed by atoms with E-state index in [2.05, 4.69) is 5.32 Å². The summed E-state index contributed by atoms with van der Waals surface area (Å²) in [6.07, 6.45) is 0. The first-order valence-corrected chi connectivity index (χ1v) is 6.77. The maximum atomic E-state index is 12.1. The highest BCUT2D eigenvalue weighted by Gasteiger charge is 2.16. The fourth-order valence-electron chi connectivity index (χ4n) is 1.75. The Labute approximate surface area is 135 Å². The second-order valence-electron chi connectivity index (χ2n) is 4.23. The smallest absolute Gasteiger partial charge is 0.312 e. The van der Waals surface area contributed by atoms with Crippen LogP contribution in [0.15, 0.2) is 36.4 Å². The fraction of sp³-hybridized carbons (Fsp3) is 0.0714. The topological polar surface area (TPSA) is 81.5 Å². The van der Waals surface area contributed by atoms with E-state index in [4.69, 9.17) is 27.9 Å².